The van der Waals surface area contributed by atoms with Crippen LogP contribution in [0.5, 0.6) is 0 Å². The first kappa shape index (κ1) is 31.4. The molecule has 0 radical (unpaired) electrons. The predicted molar refractivity (Wildman–Crippen MR) is 139 cm³/mol. The predicted octanol–water partition coefficient (Wildman–Crippen LogP) is -1.81. The Labute approximate surface area is 229 Å². The summed E-state index contributed by atoms with van der Waals surface area (Å²) in [6.45, 7) is 0. The molecular formula is C25H33N7O8. The summed E-state index contributed by atoms with van der Waals surface area (Å²) >= 11 is 0. The SMILES string of the molecule is NC(=O)CCC(NC(=O)C(Cc1ccccc1)NC(=O)C(CCC(=O)O)NC(=O)C(N)Cc1cnc[nH]1)C(=O)O. The smallest absolute Gasteiger partial charge is 0.326 e. The Morgan fingerprint density at radius 2 is 1.43 bits per heavy atom. The second-order valence-electron chi connectivity index (χ2n) is 9.04. The lowest BCUT2D eigenvalue weighted by Crippen LogP contribution is -2.57. The number of aromatic nitrogens is 2. The van der Waals surface area contributed by atoms with Gasteiger partial charge in [-0.2, -0.15) is 0 Å². The molecule has 15 heteroatoms. The Hall–Kier alpha value is -4.79. The summed E-state index contributed by atoms with van der Waals surface area (Å²) in [5.41, 5.74) is 12.2. The van der Waals surface area contributed by atoms with Gasteiger partial charge in [-0.15, -0.1) is 0 Å². The Morgan fingerprint density at radius 3 is 2.00 bits per heavy atom. The van der Waals surface area contributed by atoms with E-state index in [0.717, 1.165) is 0 Å². The molecule has 1 aromatic heterocycles. The molecule has 10 N–H and O–H groups in total. The number of carbonyl (C=O) groups excluding carboxylic acids is 4. The number of nitrogens with one attached hydrogen (secondary N) is 4. The summed E-state index contributed by atoms with van der Waals surface area (Å²) in [5.74, 6) is -5.85. The van der Waals surface area contributed by atoms with Crippen molar-refractivity contribution in [1.29, 1.82) is 0 Å². The van der Waals surface area contributed by atoms with Crippen molar-refractivity contribution in [3.05, 3.63) is 54.1 Å². The molecule has 0 saturated carbocycles. The maximum Gasteiger partial charge on any atom is 0.326 e. The molecule has 2 rings (SSSR count). The van der Waals surface area contributed by atoms with Crippen LogP contribution in [-0.2, 0) is 41.6 Å². The quantitative estimate of drug-likeness (QED) is 0.108. The number of primary amides is 1. The number of aromatic amines is 1. The Bertz CT molecular complexity index is 1170. The van der Waals surface area contributed by atoms with Crippen LogP contribution >= 0.6 is 0 Å². The van der Waals surface area contributed by atoms with Gasteiger partial charge in [-0.25, -0.2) is 9.78 Å². The van der Waals surface area contributed by atoms with Crippen LogP contribution in [0.2, 0.25) is 0 Å². The van der Waals surface area contributed by atoms with Crippen molar-refractivity contribution < 1.29 is 39.0 Å². The van der Waals surface area contributed by atoms with Crippen molar-refractivity contribution in [2.24, 2.45) is 11.5 Å². The van der Waals surface area contributed by atoms with Gasteiger partial charge in [-0.1, -0.05) is 30.3 Å². The van der Waals surface area contributed by atoms with Crippen LogP contribution in [0.3, 0.4) is 0 Å². The molecule has 4 amide bonds. The van der Waals surface area contributed by atoms with Crippen molar-refractivity contribution in [2.75, 3.05) is 0 Å². The molecular weight excluding hydrogens is 526 g/mol. The van der Waals surface area contributed by atoms with Gasteiger partial charge in [-0.3, -0.25) is 24.0 Å². The highest BCUT2D eigenvalue weighted by molar-refractivity contribution is 5.94. The van der Waals surface area contributed by atoms with Crippen LogP contribution in [-0.4, -0.2) is 79.9 Å². The maximum atomic E-state index is 13.2. The number of H-pyrrole nitrogens is 1. The molecule has 0 spiro atoms. The first-order valence-electron chi connectivity index (χ1n) is 12.4. The number of benzene rings is 1. The Balaban J connectivity index is 2.21. The van der Waals surface area contributed by atoms with Crippen LogP contribution in [0.25, 0.3) is 0 Å². The highest BCUT2D eigenvalue weighted by Crippen LogP contribution is 2.08. The molecule has 0 aliphatic rings. The minimum Gasteiger partial charge on any atom is -0.481 e. The first-order valence-corrected chi connectivity index (χ1v) is 12.4. The molecule has 0 aliphatic heterocycles. The van der Waals surface area contributed by atoms with Crippen LogP contribution in [0.1, 0.15) is 36.9 Å². The minimum atomic E-state index is -1.46. The summed E-state index contributed by atoms with van der Waals surface area (Å²) < 4.78 is 0. The van der Waals surface area contributed by atoms with Crippen molar-refractivity contribution in [3.8, 4) is 0 Å². The highest BCUT2D eigenvalue weighted by atomic mass is 16.4. The van der Waals surface area contributed by atoms with E-state index >= 15 is 0 Å². The lowest BCUT2D eigenvalue weighted by molar-refractivity contribution is -0.142. The molecule has 1 aromatic carbocycles. The number of carboxylic acids is 2. The number of carboxylic acid groups (broad SMARTS) is 2. The molecule has 0 fully saturated rings. The average Bonchev–Trinajstić information content (AvgIpc) is 3.41. The third-order valence-corrected chi connectivity index (χ3v) is 5.82. The van der Waals surface area contributed by atoms with Crippen LogP contribution in [0.15, 0.2) is 42.9 Å². The van der Waals surface area contributed by atoms with Gasteiger partial charge in [0.05, 0.1) is 12.4 Å². The molecule has 4 atom stereocenters. The number of carbonyl (C=O) groups is 6. The largest absolute Gasteiger partial charge is 0.481 e. The third-order valence-electron chi connectivity index (χ3n) is 5.82. The summed E-state index contributed by atoms with van der Waals surface area (Å²) in [5, 5.41) is 25.8. The summed E-state index contributed by atoms with van der Waals surface area (Å²) in [4.78, 5) is 79.6. The zero-order chi connectivity index (χ0) is 29.7. The maximum absolute atomic E-state index is 13.2. The number of nitrogens with two attached hydrogens (primary N) is 2. The van der Waals surface area contributed by atoms with Crippen molar-refractivity contribution in [3.63, 3.8) is 0 Å². The number of hydrogen-bond acceptors (Lipinski definition) is 8. The van der Waals surface area contributed by atoms with E-state index in [1.165, 1.54) is 12.5 Å². The van der Waals surface area contributed by atoms with Gasteiger partial charge in [0.25, 0.3) is 0 Å². The molecule has 1 heterocycles. The number of amides is 4. The van der Waals surface area contributed by atoms with E-state index in [2.05, 4.69) is 25.9 Å². The fourth-order valence-corrected chi connectivity index (χ4v) is 3.69. The van der Waals surface area contributed by atoms with E-state index in [1.807, 2.05) is 0 Å². The number of aliphatic carboxylic acids is 2. The molecule has 0 aliphatic carbocycles. The number of imidazole rings is 1. The average molecular weight is 560 g/mol. The van der Waals surface area contributed by atoms with Crippen LogP contribution in [0, 0.1) is 0 Å². The molecule has 15 nitrogen and oxygen atoms in total. The molecule has 0 bridgehead atoms. The van der Waals surface area contributed by atoms with Gasteiger partial charge in [0.1, 0.15) is 18.1 Å². The van der Waals surface area contributed by atoms with Crippen molar-refractivity contribution in [2.45, 2.75) is 62.7 Å². The van der Waals surface area contributed by atoms with Crippen LogP contribution in [0.4, 0.5) is 0 Å². The Kier molecular flexibility index (Phi) is 12.2. The molecule has 216 valence electrons. The fourth-order valence-electron chi connectivity index (χ4n) is 3.69. The lowest BCUT2D eigenvalue weighted by Gasteiger charge is -2.25. The van der Waals surface area contributed by atoms with Gasteiger partial charge in [-0.05, 0) is 18.4 Å². The number of rotatable bonds is 17. The minimum absolute atomic E-state index is 0.0560. The van der Waals surface area contributed by atoms with E-state index in [-0.39, 0.29) is 32.1 Å². The number of hydrogen-bond donors (Lipinski definition) is 8. The second kappa shape index (κ2) is 15.6. The van der Waals surface area contributed by atoms with Crippen molar-refractivity contribution in [1.82, 2.24) is 25.9 Å². The van der Waals surface area contributed by atoms with Crippen molar-refractivity contribution >= 4 is 35.6 Å². The zero-order valence-electron chi connectivity index (χ0n) is 21.5. The molecule has 0 saturated heterocycles. The topological polar surface area (TPSA) is 260 Å². The second-order valence-corrected chi connectivity index (χ2v) is 9.04. The molecule has 2 aromatic rings. The standard InChI is InChI=1S/C25H33N7O8/c26-16(11-15-12-28-13-29-15)22(36)30-17(7-9-21(34)35)23(37)32-19(10-14-4-2-1-3-5-14)24(38)31-18(25(39)40)6-8-20(27)33/h1-5,12-13,16-19H,6-11,26H2,(H2,27,33)(H,28,29)(H,30,36)(H,31,38)(H,32,37)(H,34,35)(H,39,40). The molecule has 40 heavy (non-hydrogen) atoms. The first-order chi connectivity index (χ1) is 19.0. The number of nitrogens with zero attached hydrogens (tertiary/aromatic N) is 1. The van der Waals surface area contributed by atoms with E-state index in [4.69, 9.17) is 16.6 Å². The van der Waals surface area contributed by atoms with E-state index in [0.29, 0.717) is 11.3 Å². The summed E-state index contributed by atoms with van der Waals surface area (Å²) in [7, 11) is 0. The van der Waals surface area contributed by atoms with Gasteiger partial charge >= 0.3 is 11.9 Å². The van der Waals surface area contributed by atoms with E-state index in [9.17, 15) is 33.9 Å². The zero-order valence-corrected chi connectivity index (χ0v) is 21.5. The third kappa shape index (κ3) is 10.9. The van der Waals surface area contributed by atoms with E-state index in [1.54, 1.807) is 30.3 Å². The molecule has 4 unspecified atom stereocenters. The Morgan fingerprint density at radius 1 is 0.825 bits per heavy atom. The monoisotopic (exact) mass is 559 g/mol. The fraction of sp³-hybridized carbons (Fsp3) is 0.400. The van der Waals surface area contributed by atoms with Gasteiger partial charge in [0.15, 0.2) is 0 Å². The lowest BCUT2D eigenvalue weighted by atomic mass is 10.0. The van der Waals surface area contributed by atoms with Gasteiger partial charge in [0.2, 0.25) is 23.6 Å². The van der Waals surface area contributed by atoms with Gasteiger partial charge < -0.3 is 42.6 Å². The van der Waals surface area contributed by atoms with Crippen LogP contribution < -0.4 is 27.4 Å². The van der Waals surface area contributed by atoms with Gasteiger partial charge in [0, 0.05) is 37.6 Å². The van der Waals surface area contributed by atoms with E-state index < -0.39 is 66.2 Å². The summed E-state index contributed by atoms with van der Waals surface area (Å²) in [6.07, 6.45) is 1.55. The highest BCUT2D eigenvalue weighted by Gasteiger charge is 2.31. The summed E-state index contributed by atoms with van der Waals surface area (Å²) in [6, 6.07) is 3.29. The normalized spacial score (nSPS) is 13.7.